The van der Waals surface area contributed by atoms with E-state index in [1.165, 1.54) is 0 Å². The zero-order chi connectivity index (χ0) is 14.7. The first-order chi connectivity index (χ1) is 9.58. The molecule has 5 heteroatoms. The van der Waals surface area contributed by atoms with Gasteiger partial charge in [0.15, 0.2) is 0 Å². The van der Waals surface area contributed by atoms with E-state index in [1.807, 2.05) is 6.92 Å². The third kappa shape index (κ3) is 2.87. The minimum Gasteiger partial charge on any atom is -0.394 e. The summed E-state index contributed by atoms with van der Waals surface area (Å²) in [6.45, 7) is 10.4. The fourth-order valence-corrected chi connectivity index (χ4v) is 2.86. The van der Waals surface area contributed by atoms with E-state index < -0.39 is 0 Å². The Bertz CT molecular complexity index is 463. The molecule has 2 heterocycles. The molecule has 1 saturated heterocycles. The monoisotopic (exact) mass is 278 g/mol. The van der Waals surface area contributed by atoms with E-state index in [9.17, 15) is 5.11 Å². The normalized spacial score (nSPS) is 22.4. The number of aliphatic hydroxyl groups excluding tert-OH is 1. The van der Waals surface area contributed by atoms with Crippen LogP contribution in [-0.2, 0) is 0 Å². The molecule has 1 aromatic heterocycles. The molecule has 1 fully saturated rings. The highest BCUT2D eigenvalue weighted by atomic mass is 16.3. The van der Waals surface area contributed by atoms with E-state index in [-0.39, 0.29) is 12.6 Å². The maximum atomic E-state index is 9.64. The summed E-state index contributed by atoms with van der Waals surface area (Å²) in [6, 6.07) is 0.169. The molecule has 0 saturated carbocycles. The van der Waals surface area contributed by atoms with E-state index in [0.29, 0.717) is 5.92 Å². The Kier molecular flexibility index (Phi) is 4.81. The Morgan fingerprint density at radius 1 is 1.35 bits per heavy atom. The standard InChI is InChI=1S/C15H26N4O/c1-5-7-16-14-11(3)15(18-12(4)17-14)19-8-6-10(2)13(19)9-20/h10,13,20H,5-9H2,1-4H3,(H,16,17,18). The fourth-order valence-electron chi connectivity index (χ4n) is 2.86. The number of rotatable bonds is 5. The lowest BCUT2D eigenvalue weighted by atomic mass is 10.0. The molecule has 2 rings (SSSR count). The van der Waals surface area contributed by atoms with Gasteiger partial charge < -0.3 is 15.3 Å². The van der Waals surface area contributed by atoms with Crippen molar-refractivity contribution in [2.24, 2.45) is 5.92 Å². The molecular formula is C15H26N4O. The molecule has 0 amide bonds. The third-order valence-corrected chi connectivity index (χ3v) is 4.12. The highest BCUT2D eigenvalue weighted by Gasteiger charge is 2.32. The Morgan fingerprint density at radius 3 is 2.75 bits per heavy atom. The van der Waals surface area contributed by atoms with Crippen molar-refractivity contribution in [3.63, 3.8) is 0 Å². The highest BCUT2D eigenvalue weighted by molar-refractivity contribution is 5.59. The van der Waals surface area contributed by atoms with E-state index in [1.54, 1.807) is 0 Å². The Hall–Kier alpha value is -1.36. The van der Waals surface area contributed by atoms with Gasteiger partial charge in [0.1, 0.15) is 17.5 Å². The summed E-state index contributed by atoms with van der Waals surface area (Å²) in [5.41, 5.74) is 1.08. The summed E-state index contributed by atoms with van der Waals surface area (Å²) in [5.74, 6) is 3.17. The number of hydrogen-bond donors (Lipinski definition) is 2. The predicted molar refractivity (Wildman–Crippen MR) is 82.3 cm³/mol. The summed E-state index contributed by atoms with van der Waals surface area (Å²) in [5, 5.41) is 13.0. The molecule has 2 atom stereocenters. The van der Waals surface area contributed by atoms with Crippen molar-refractivity contribution in [1.29, 1.82) is 0 Å². The van der Waals surface area contributed by atoms with Gasteiger partial charge in [-0.15, -0.1) is 0 Å². The van der Waals surface area contributed by atoms with Crippen LogP contribution in [0.25, 0.3) is 0 Å². The van der Waals surface area contributed by atoms with E-state index in [0.717, 1.165) is 49.0 Å². The average molecular weight is 278 g/mol. The van der Waals surface area contributed by atoms with Crippen LogP contribution in [0.2, 0.25) is 0 Å². The van der Waals surface area contributed by atoms with Gasteiger partial charge in [-0.3, -0.25) is 0 Å². The number of aromatic nitrogens is 2. The number of nitrogens with one attached hydrogen (secondary N) is 1. The summed E-state index contributed by atoms with van der Waals surface area (Å²) < 4.78 is 0. The highest BCUT2D eigenvalue weighted by Crippen LogP contribution is 2.32. The summed E-state index contributed by atoms with van der Waals surface area (Å²) in [7, 11) is 0. The molecule has 0 bridgehead atoms. The van der Waals surface area contributed by atoms with Crippen LogP contribution in [0.1, 0.15) is 38.1 Å². The maximum Gasteiger partial charge on any atom is 0.137 e. The van der Waals surface area contributed by atoms with Crippen molar-refractivity contribution >= 4 is 11.6 Å². The van der Waals surface area contributed by atoms with Crippen LogP contribution >= 0.6 is 0 Å². The van der Waals surface area contributed by atoms with Crippen LogP contribution < -0.4 is 10.2 Å². The lowest BCUT2D eigenvalue weighted by molar-refractivity contribution is 0.244. The van der Waals surface area contributed by atoms with Gasteiger partial charge in [0.25, 0.3) is 0 Å². The zero-order valence-corrected chi connectivity index (χ0v) is 13.0. The first kappa shape index (κ1) is 15.0. The molecule has 1 aromatic rings. The van der Waals surface area contributed by atoms with Crippen molar-refractivity contribution in [3.8, 4) is 0 Å². The largest absolute Gasteiger partial charge is 0.394 e. The topological polar surface area (TPSA) is 61.3 Å². The maximum absolute atomic E-state index is 9.64. The first-order valence-electron chi connectivity index (χ1n) is 7.55. The van der Waals surface area contributed by atoms with Crippen LogP contribution in [0.3, 0.4) is 0 Å². The second-order valence-electron chi connectivity index (χ2n) is 5.70. The molecule has 20 heavy (non-hydrogen) atoms. The van der Waals surface area contributed by atoms with Crippen LogP contribution in [0.4, 0.5) is 11.6 Å². The molecule has 0 spiro atoms. The van der Waals surface area contributed by atoms with Gasteiger partial charge in [-0.1, -0.05) is 13.8 Å². The van der Waals surface area contributed by atoms with Gasteiger partial charge in [-0.2, -0.15) is 0 Å². The molecule has 0 aliphatic carbocycles. The lowest BCUT2D eigenvalue weighted by Gasteiger charge is -2.28. The van der Waals surface area contributed by atoms with Crippen molar-refractivity contribution in [1.82, 2.24) is 9.97 Å². The number of hydrogen-bond acceptors (Lipinski definition) is 5. The lowest BCUT2D eigenvalue weighted by Crippen LogP contribution is -2.36. The van der Waals surface area contributed by atoms with Crippen LogP contribution in [-0.4, -0.2) is 40.8 Å². The molecule has 2 unspecified atom stereocenters. The molecule has 0 radical (unpaired) electrons. The number of anilines is 2. The minimum absolute atomic E-state index is 0.169. The average Bonchev–Trinajstić information content (AvgIpc) is 2.80. The van der Waals surface area contributed by atoms with Gasteiger partial charge in [-0.25, -0.2) is 9.97 Å². The predicted octanol–water partition coefficient (Wildman–Crippen LogP) is 2.12. The van der Waals surface area contributed by atoms with Crippen molar-refractivity contribution in [2.45, 2.75) is 46.6 Å². The molecule has 5 nitrogen and oxygen atoms in total. The second-order valence-corrected chi connectivity index (χ2v) is 5.70. The van der Waals surface area contributed by atoms with Crippen LogP contribution in [0, 0.1) is 19.8 Å². The number of aryl methyl sites for hydroxylation is 1. The number of aliphatic hydroxyl groups is 1. The van der Waals surface area contributed by atoms with E-state index in [4.69, 9.17) is 0 Å². The quantitative estimate of drug-likeness (QED) is 0.864. The summed E-state index contributed by atoms with van der Waals surface area (Å²) in [4.78, 5) is 11.4. The number of nitrogens with zero attached hydrogens (tertiary/aromatic N) is 3. The Balaban J connectivity index is 2.33. The summed E-state index contributed by atoms with van der Waals surface area (Å²) >= 11 is 0. The third-order valence-electron chi connectivity index (χ3n) is 4.12. The Morgan fingerprint density at radius 2 is 2.10 bits per heavy atom. The van der Waals surface area contributed by atoms with Gasteiger partial charge in [0, 0.05) is 18.7 Å². The molecule has 112 valence electrons. The smallest absolute Gasteiger partial charge is 0.137 e. The van der Waals surface area contributed by atoms with Gasteiger partial charge >= 0.3 is 0 Å². The van der Waals surface area contributed by atoms with Crippen LogP contribution in [0.15, 0.2) is 0 Å². The minimum atomic E-state index is 0.169. The van der Waals surface area contributed by atoms with E-state index in [2.05, 4.69) is 41.0 Å². The molecular weight excluding hydrogens is 252 g/mol. The fraction of sp³-hybridized carbons (Fsp3) is 0.733. The molecule has 1 aliphatic heterocycles. The van der Waals surface area contributed by atoms with Gasteiger partial charge in [0.05, 0.1) is 12.6 Å². The molecule has 0 aromatic carbocycles. The summed E-state index contributed by atoms with van der Waals surface area (Å²) in [6.07, 6.45) is 2.17. The van der Waals surface area contributed by atoms with E-state index >= 15 is 0 Å². The van der Waals surface area contributed by atoms with Crippen molar-refractivity contribution in [2.75, 3.05) is 29.9 Å². The first-order valence-corrected chi connectivity index (χ1v) is 7.55. The Labute approximate surface area is 121 Å². The van der Waals surface area contributed by atoms with Crippen molar-refractivity contribution < 1.29 is 5.11 Å². The van der Waals surface area contributed by atoms with Crippen molar-refractivity contribution in [3.05, 3.63) is 11.4 Å². The van der Waals surface area contributed by atoms with Gasteiger partial charge in [-0.05, 0) is 32.6 Å². The molecule has 2 N–H and O–H groups in total. The van der Waals surface area contributed by atoms with Crippen LogP contribution in [0.5, 0.6) is 0 Å². The van der Waals surface area contributed by atoms with Gasteiger partial charge in [0.2, 0.25) is 0 Å². The SMILES string of the molecule is CCCNc1nc(C)nc(N2CCC(C)C2CO)c1C. The zero-order valence-electron chi connectivity index (χ0n) is 13.0. The second kappa shape index (κ2) is 6.39. The molecule has 1 aliphatic rings.